The highest BCUT2D eigenvalue weighted by atomic mass is 15.1. The van der Waals surface area contributed by atoms with Gasteiger partial charge in [0.05, 0.1) is 22.1 Å². The lowest BCUT2D eigenvalue weighted by atomic mass is 9.67. The van der Waals surface area contributed by atoms with E-state index in [1.807, 2.05) is 0 Å². The van der Waals surface area contributed by atoms with Gasteiger partial charge in [0, 0.05) is 33.4 Å². The Balaban J connectivity index is 1.05. The molecule has 0 atom stereocenters. The highest BCUT2D eigenvalue weighted by molar-refractivity contribution is 6.15. The normalized spacial score (nSPS) is 12.5. The molecular weight excluding hydrogens is 833 g/mol. The largest absolute Gasteiger partial charge is 0.310 e. The molecule has 69 heavy (non-hydrogen) atoms. The summed E-state index contributed by atoms with van der Waals surface area (Å²) in [6, 6.07) is 102. The molecule has 13 rings (SSSR count). The summed E-state index contributed by atoms with van der Waals surface area (Å²) >= 11 is 0. The molecular formula is C67H46N2. The summed E-state index contributed by atoms with van der Waals surface area (Å²) in [7, 11) is 0. The van der Waals surface area contributed by atoms with Crippen molar-refractivity contribution in [1.29, 1.82) is 0 Å². The third kappa shape index (κ3) is 6.56. The predicted molar refractivity (Wildman–Crippen MR) is 289 cm³/mol. The van der Waals surface area contributed by atoms with E-state index in [1.54, 1.807) is 0 Å². The van der Waals surface area contributed by atoms with Crippen LogP contribution < -0.4 is 4.90 Å². The number of fused-ring (bicyclic) bond motifs is 6. The van der Waals surface area contributed by atoms with Gasteiger partial charge in [0.2, 0.25) is 0 Å². The van der Waals surface area contributed by atoms with Crippen LogP contribution in [0.25, 0.3) is 72.0 Å². The van der Waals surface area contributed by atoms with Crippen molar-refractivity contribution in [1.82, 2.24) is 4.57 Å². The van der Waals surface area contributed by atoms with Crippen LogP contribution in [0.4, 0.5) is 17.1 Å². The second kappa shape index (κ2) is 16.7. The predicted octanol–water partition coefficient (Wildman–Crippen LogP) is 17.6. The van der Waals surface area contributed by atoms with Crippen LogP contribution in [0.15, 0.2) is 279 Å². The van der Waals surface area contributed by atoms with Crippen molar-refractivity contribution >= 4 is 38.9 Å². The number of aromatic nitrogens is 1. The van der Waals surface area contributed by atoms with E-state index in [-0.39, 0.29) is 0 Å². The summed E-state index contributed by atoms with van der Waals surface area (Å²) < 4.78 is 2.39. The molecule has 0 amide bonds. The van der Waals surface area contributed by atoms with Crippen molar-refractivity contribution < 1.29 is 0 Å². The summed E-state index contributed by atoms with van der Waals surface area (Å²) in [5.41, 5.74) is 20.9. The molecule has 0 saturated carbocycles. The van der Waals surface area contributed by atoms with Crippen LogP contribution in [0.2, 0.25) is 0 Å². The van der Waals surface area contributed by atoms with Crippen LogP contribution in [-0.2, 0) is 5.41 Å². The van der Waals surface area contributed by atoms with Gasteiger partial charge in [-0.05, 0) is 122 Å². The zero-order valence-electron chi connectivity index (χ0n) is 38.0. The Morgan fingerprint density at radius 1 is 0.304 bits per heavy atom. The minimum Gasteiger partial charge on any atom is -0.310 e. The maximum Gasteiger partial charge on any atom is 0.0714 e. The third-order valence-corrected chi connectivity index (χ3v) is 14.3. The highest BCUT2D eigenvalue weighted by Gasteiger charge is 2.46. The number of para-hydroxylation sites is 2. The molecule has 1 aliphatic carbocycles. The SMILES string of the molecule is c1ccc(-c2ccc(N(c3ccc(-c4cccc5c4c4ccccc4n5-c4ccccc4)cc3)c3ccc4c(c3)C(c3ccccc3)(c3ccccc3)c3ccccc3-4)c(-c3ccccc3)c2)cc1. The van der Waals surface area contributed by atoms with Gasteiger partial charge in [-0.2, -0.15) is 0 Å². The van der Waals surface area contributed by atoms with E-state index in [4.69, 9.17) is 0 Å². The number of hydrogen-bond donors (Lipinski definition) is 0. The summed E-state index contributed by atoms with van der Waals surface area (Å²) in [5.74, 6) is 0. The molecule has 0 bridgehead atoms. The second-order valence-corrected chi connectivity index (χ2v) is 18.0. The van der Waals surface area contributed by atoms with Crippen LogP contribution in [-0.4, -0.2) is 4.57 Å². The number of anilines is 3. The van der Waals surface area contributed by atoms with Gasteiger partial charge in [-0.15, -0.1) is 0 Å². The maximum absolute atomic E-state index is 2.48. The summed E-state index contributed by atoms with van der Waals surface area (Å²) in [4.78, 5) is 2.48. The molecule has 0 radical (unpaired) electrons. The average molecular weight is 879 g/mol. The van der Waals surface area contributed by atoms with Gasteiger partial charge in [0.1, 0.15) is 0 Å². The van der Waals surface area contributed by atoms with E-state index < -0.39 is 5.41 Å². The van der Waals surface area contributed by atoms with Crippen molar-refractivity contribution in [3.05, 3.63) is 301 Å². The Morgan fingerprint density at radius 3 is 1.54 bits per heavy atom. The van der Waals surface area contributed by atoms with E-state index in [9.17, 15) is 0 Å². The molecule has 0 fully saturated rings. The van der Waals surface area contributed by atoms with E-state index in [1.165, 1.54) is 77.4 Å². The molecule has 0 spiro atoms. The van der Waals surface area contributed by atoms with Gasteiger partial charge in [0.15, 0.2) is 0 Å². The quantitative estimate of drug-likeness (QED) is 0.140. The van der Waals surface area contributed by atoms with Crippen molar-refractivity contribution in [2.75, 3.05) is 4.90 Å². The Labute approximate surface area is 403 Å². The smallest absolute Gasteiger partial charge is 0.0714 e. The number of hydrogen-bond acceptors (Lipinski definition) is 1. The second-order valence-electron chi connectivity index (χ2n) is 18.0. The van der Waals surface area contributed by atoms with Crippen LogP contribution in [0.1, 0.15) is 22.3 Å². The molecule has 0 aliphatic heterocycles. The number of rotatable bonds is 9. The van der Waals surface area contributed by atoms with Crippen molar-refractivity contribution in [3.63, 3.8) is 0 Å². The molecule has 1 aliphatic rings. The van der Waals surface area contributed by atoms with E-state index in [2.05, 4.69) is 289 Å². The topological polar surface area (TPSA) is 8.17 Å². The van der Waals surface area contributed by atoms with Crippen LogP contribution in [0.3, 0.4) is 0 Å². The summed E-state index contributed by atoms with van der Waals surface area (Å²) in [6.45, 7) is 0. The van der Waals surface area contributed by atoms with Crippen LogP contribution in [0, 0.1) is 0 Å². The van der Waals surface area contributed by atoms with Gasteiger partial charge in [-0.3, -0.25) is 0 Å². The Morgan fingerprint density at radius 2 is 0.826 bits per heavy atom. The molecule has 0 saturated heterocycles. The first-order valence-corrected chi connectivity index (χ1v) is 23.8. The zero-order chi connectivity index (χ0) is 45.7. The maximum atomic E-state index is 2.48. The molecule has 1 heterocycles. The zero-order valence-corrected chi connectivity index (χ0v) is 38.0. The fourth-order valence-corrected chi connectivity index (χ4v) is 11.3. The Hall–Kier alpha value is -8.98. The minimum atomic E-state index is -0.545. The lowest BCUT2D eigenvalue weighted by Gasteiger charge is -2.35. The van der Waals surface area contributed by atoms with Crippen LogP contribution >= 0.6 is 0 Å². The van der Waals surface area contributed by atoms with Gasteiger partial charge in [0.25, 0.3) is 0 Å². The molecule has 0 unspecified atom stereocenters. The first kappa shape index (κ1) is 40.3. The van der Waals surface area contributed by atoms with Gasteiger partial charge in [-0.25, -0.2) is 0 Å². The first-order valence-electron chi connectivity index (χ1n) is 23.8. The van der Waals surface area contributed by atoms with Crippen molar-refractivity contribution in [2.45, 2.75) is 5.41 Å². The van der Waals surface area contributed by atoms with Crippen LogP contribution in [0.5, 0.6) is 0 Å². The van der Waals surface area contributed by atoms with Crippen molar-refractivity contribution in [2.24, 2.45) is 0 Å². The van der Waals surface area contributed by atoms with Gasteiger partial charge in [-0.1, -0.05) is 218 Å². The van der Waals surface area contributed by atoms with E-state index in [0.717, 1.165) is 33.9 Å². The monoisotopic (exact) mass is 878 g/mol. The standard InChI is InChI=1S/C67H46N2/c1-6-21-47(22-7-1)50-39-44-64(60(45-50)48-23-8-2-9-24-48)68(54-40-37-49(38-41-54)56-33-20-36-65-66(56)59-32-17-19-35-63(59)69(65)53-29-14-5-15-30-53)55-42-43-58-57-31-16-18-34-61(57)67(62(58)46-55,51-25-10-3-11-26-51)52-27-12-4-13-28-52/h1-46H. The van der Waals surface area contributed by atoms with Crippen molar-refractivity contribution in [3.8, 4) is 50.2 Å². The number of benzene rings is 11. The first-order chi connectivity index (χ1) is 34.3. The van der Waals surface area contributed by atoms with E-state index >= 15 is 0 Å². The van der Waals surface area contributed by atoms with Gasteiger partial charge < -0.3 is 9.47 Å². The van der Waals surface area contributed by atoms with Gasteiger partial charge >= 0.3 is 0 Å². The van der Waals surface area contributed by atoms with E-state index in [0.29, 0.717) is 0 Å². The lowest BCUT2D eigenvalue weighted by Crippen LogP contribution is -2.28. The fraction of sp³-hybridized carbons (Fsp3) is 0.0149. The molecule has 11 aromatic carbocycles. The summed E-state index contributed by atoms with van der Waals surface area (Å²) in [5, 5.41) is 2.49. The average Bonchev–Trinajstić information content (AvgIpc) is 3.93. The molecule has 324 valence electrons. The molecule has 1 aromatic heterocycles. The fourth-order valence-electron chi connectivity index (χ4n) is 11.3. The molecule has 2 heteroatoms. The third-order valence-electron chi connectivity index (χ3n) is 14.3. The Bertz CT molecular complexity index is 3760. The summed E-state index contributed by atoms with van der Waals surface area (Å²) in [6.07, 6.45) is 0. The molecule has 12 aromatic rings. The molecule has 0 N–H and O–H groups in total. The highest BCUT2D eigenvalue weighted by Crippen LogP contribution is 2.57. The lowest BCUT2D eigenvalue weighted by molar-refractivity contribution is 0.768. The number of nitrogens with zero attached hydrogens (tertiary/aromatic N) is 2. The Kier molecular flexibility index (Phi) is 9.77. The molecule has 2 nitrogen and oxygen atoms in total. The minimum absolute atomic E-state index is 0.545.